The molecule has 1 fully saturated rings. The molecule has 0 spiro atoms. The number of H-pyrrole nitrogens is 1. The normalized spacial score (nSPS) is 15.5. The number of imidazole rings is 1. The van der Waals surface area contributed by atoms with E-state index in [0.29, 0.717) is 33.5 Å². The van der Waals surface area contributed by atoms with Gasteiger partial charge in [0.2, 0.25) is 0 Å². The smallest absolute Gasteiger partial charge is 0.194 e. The van der Waals surface area contributed by atoms with Gasteiger partial charge < -0.3 is 14.6 Å². The molecule has 5 aromatic rings. The first kappa shape index (κ1) is 20.9. The second-order valence-electron chi connectivity index (χ2n) is 8.66. The van der Waals surface area contributed by atoms with E-state index in [-0.39, 0.29) is 5.82 Å². The average molecular weight is 473 g/mol. The lowest BCUT2D eigenvalue weighted by Gasteiger charge is -2.27. The number of aryl methyl sites for hydroxylation is 2. The van der Waals surface area contributed by atoms with Crippen molar-refractivity contribution in [3.05, 3.63) is 88.3 Å². The van der Waals surface area contributed by atoms with Crippen LogP contribution in [0.4, 0.5) is 0 Å². The van der Waals surface area contributed by atoms with Crippen LogP contribution in [-0.2, 0) is 5.60 Å². The van der Waals surface area contributed by atoms with E-state index in [4.69, 9.17) is 21.1 Å². The molecule has 170 valence electrons. The Balaban J connectivity index is 1.69. The SMILES string of the molecule is Cc1noc(C)c1-c1cc(C(O)(c2ccc(Cl)cn2)c2ncccn2)c2nc(C3CC3)[nH]c2c1. The van der Waals surface area contributed by atoms with Crippen LogP contribution in [0.1, 0.15) is 53.1 Å². The molecule has 8 nitrogen and oxygen atoms in total. The standard InChI is InChI=1S/C25H21ClN6O2/c1-13-21(14(2)34-32-13)16-10-18(22-19(11-16)30-23(31-22)15-4-5-15)25(33,24-27-8-3-9-28-24)20-7-6-17(26)12-29-20/h3,6-12,15,33H,4-5H2,1-2H3,(H,30,31). The Morgan fingerprint density at radius 3 is 2.56 bits per heavy atom. The fraction of sp³-hybridized carbons (Fsp3) is 0.240. The molecule has 1 unspecified atom stereocenters. The Kier molecular flexibility index (Phi) is 4.75. The third-order valence-electron chi connectivity index (χ3n) is 6.27. The molecule has 9 heteroatoms. The molecule has 1 saturated carbocycles. The predicted octanol–water partition coefficient (Wildman–Crippen LogP) is 4.83. The topological polar surface area (TPSA) is 114 Å². The highest BCUT2D eigenvalue weighted by molar-refractivity contribution is 6.30. The lowest BCUT2D eigenvalue weighted by atomic mass is 9.85. The van der Waals surface area contributed by atoms with Crippen LogP contribution in [0.3, 0.4) is 0 Å². The summed E-state index contributed by atoms with van der Waals surface area (Å²) in [6, 6.07) is 8.99. The van der Waals surface area contributed by atoms with E-state index >= 15 is 0 Å². The highest BCUT2D eigenvalue weighted by atomic mass is 35.5. The van der Waals surface area contributed by atoms with Gasteiger partial charge in [-0.3, -0.25) is 4.98 Å². The highest BCUT2D eigenvalue weighted by Crippen LogP contribution is 2.43. The van der Waals surface area contributed by atoms with Crippen molar-refractivity contribution in [2.24, 2.45) is 0 Å². The predicted molar refractivity (Wildman–Crippen MR) is 126 cm³/mol. The van der Waals surface area contributed by atoms with Gasteiger partial charge in [-0.2, -0.15) is 0 Å². The van der Waals surface area contributed by atoms with Gasteiger partial charge >= 0.3 is 0 Å². The fourth-order valence-electron chi connectivity index (χ4n) is 4.45. The molecule has 1 aromatic carbocycles. The molecule has 0 saturated heterocycles. The molecule has 0 radical (unpaired) electrons. The second kappa shape index (κ2) is 7.72. The number of aromatic amines is 1. The summed E-state index contributed by atoms with van der Waals surface area (Å²) in [5.74, 6) is 2.19. The molecule has 0 amide bonds. The average Bonchev–Trinajstić information content (AvgIpc) is 3.53. The van der Waals surface area contributed by atoms with E-state index in [1.54, 1.807) is 30.6 Å². The van der Waals surface area contributed by atoms with Gasteiger partial charge in [-0.1, -0.05) is 16.8 Å². The van der Waals surface area contributed by atoms with Crippen LogP contribution in [0.2, 0.25) is 5.02 Å². The zero-order chi connectivity index (χ0) is 23.4. The van der Waals surface area contributed by atoms with Crippen molar-refractivity contribution >= 4 is 22.6 Å². The summed E-state index contributed by atoms with van der Waals surface area (Å²) < 4.78 is 5.43. The van der Waals surface area contributed by atoms with Gasteiger partial charge in [0, 0.05) is 35.6 Å². The molecule has 4 heterocycles. The van der Waals surface area contributed by atoms with Crippen molar-refractivity contribution in [2.45, 2.75) is 38.2 Å². The number of pyridine rings is 1. The quantitative estimate of drug-likeness (QED) is 0.376. The summed E-state index contributed by atoms with van der Waals surface area (Å²) in [5.41, 5.74) is 2.99. The summed E-state index contributed by atoms with van der Waals surface area (Å²) in [5, 5.41) is 17.0. The zero-order valence-corrected chi connectivity index (χ0v) is 19.3. The number of rotatable bonds is 5. The molecule has 6 rings (SSSR count). The van der Waals surface area contributed by atoms with Crippen molar-refractivity contribution in [1.29, 1.82) is 0 Å². The molecule has 1 aliphatic rings. The Labute approximate surface area is 200 Å². The van der Waals surface area contributed by atoms with Gasteiger partial charge in [-0.15, -0.1) is 0 Å². The van der Waals surface area contributed by atoms with E-state index in [0.717, 1.165) is 41.0 Å². The molecule has 1 atom stereocenters. The largest absolute Gasteiger partial charge is 0.372 e. The summed E-state index contributed by atoms with van der Waals surface area (Å²) in [6.45, 7) is 3.76. The third kappa shape index (κ3) is 3.29. The number of hydrogen-bond donors (Lipinski definition) is 2. The summed E-state index contributed by atoms with van der Waals surface area (Å²) >= 11 is 6.11. The van der Waals surface area contributed by atoms with Gasteiger partial charge in [-0.05, 0) is 62.6 Å². The van der Waals surface area contributed by atoms with Gasteiger partial charge in [0.15, 0.2) is 11.4 Å². The minimum atomic E-state index is -1.78. The number of benzene rings is 1. The maximum Gasteiger partial charge on any atom is 0.194 e. The van der Waals surface area contributed by atoms with Crippen molar-refractivity contribution in [2.75, 3.05) is 0 Å². The van der Waals surface area contributed by atoms with Gasteiger partial charge in [0.05, 0.1) is 27.4 Å². The highest BCUT2D eigenvalue weighted by Gasteiger charge is 2.41. The lowest BCUT2D eigenvalue weighted by molar-refractivity contribution is 0.112. The lowest BCUT2D eigenvalue weighted by Crippen LogP contribution is -2.32. The minimum absolute atomic E-state index is 0.193. The summed E-state index contributed by atoms with van der Waals surface area (Å²) in [7, 11) is 0. The monoisotopic (exact) mass is 472 g/mol. The minimum Gasteiger partial charge on any atom is -0.372 e. The number of aliphatic hydroxyl groups is 1. The Hall–Kier alpha value is -3.62. The molecule has 2 N–H and O–H groups in total. The zero-order valence-electron chi connectivity index (χ0n) is 18.6. The number of fused-ring (bicyclic) bond motifs is 1. The Morgan fingerprint density at radius 2 is 1.91 bits per heavy atom. The van der Waals surface area contributed by atoms with Crippen molar-refractivity contribution in [3.8, 4) is 11.1 Å². The van der Waals surface area contributed by atoms with Crippen LogP contribution in [-0.4, -0.2) is 35.2 Å². The number of aromatic nitrogens is 6. The first-order chi connectivity index (χ1) is 16.4. The van der Waals surface area contributed by atoms with E-state index in [9.17, 15) is 5.11 Å². The fourth-order valence-corrected chi connectivity index (χ4v) is 4.56. The van der Waals surface area contributed by atoms with Crippen molar-refractivity contribution < 1.29 is 9.63 Å². The molecular weight excluding hydrogens is 452 g/mol. The molecule has 0 bridgehead atoms. The van der Waals surface area contributed by atoms with E-state index in [1.807, 2.05) is 26.0 Å². The molecule has 1 aliphatic carbocycles. The summed E-state index contributed by atoms with van der Waals surface area (Å²) in [6.07, 6.45) is 6.88. The molecule has 34 heavy (non-hydrogen) atoms. The van der Waals surface area contributed by atoms with Crippen LogP contribution < -0.4 is 0 Å². The summed E-state index contributed by atoms with van der Waals surface area (Å²) in [4.78, 5) is 21.7. The van der Waals surface area contributed by atoms with E-state index in [2.05, 4.69) is 25.1 Å². The second-order valence-corrected chi connectivity index (χ2v) is 9.10. The number of nitrogens with zero attached hydrogens (tertiary/aromatic N) is 5. The van der Waals surface area contributed by atoms with Crippen LogP contribution in [0.15, 0.2) is 53.4 Å². The molecule has 4 aromatic heterocycles. The maximum atomic E-state index is 12.4. The number of hydrogen-bond acceptors (Lipinski definition) is 7. The van der Waals surface area contributed by atoms with Crippen LogP contribution >= 0.6 is 11.6 Å². The molecular formula is C25H21ClN6O2. The number of nitrogens with one attached hydrogen (secondary N) is 1. The Morgan fingerprint density at radius 1 is 1.12 bits per heavy atom. The van der Waals surface area contributed by atoms with Crippen LogP contribution in [0.5, 0.6) is 0 Å². The van der Waals surface area contributed by atoms with Gasteiger partial charge in [0.1, 0.15) is 11.6 Å². The van der Waals surface area contributed by atoms with E-state index < -0.39 is 5.60 Å². The van der Waals surface area contributed by atoms with Crippen LogP contribution in [0, 0.1) is 13.8 Å². The molecule has 0 aliphatic heterocycles. The van der Waals surface area contributed by atoms with Crippen molar-refractivity contribution in [3.63, 3.8) is 0 Å². The number of halogens is 1. The first-order valence-electron chi connectivity index (χ1n) is 11.0. The van der Waals surface area contributed by atoms with E-state index in [1.165, 1.54) is 6.20 Å². The van der Waals surface area contributed by atoms with Gasteiger partial charge in [-0.25, -0.2) is 15.0 Å². The third-order valence-corrected chi connectivity index (χ3v) is 6.49. The Bertz CT molecular complexity index is 1490. The first-order valence-corrected chi connectivity index (χ1v) is 11.4. The maximum absolute atomic E-state index is 12.4. The van der Waals surface area contributed by atoms with Crippen LogP contribution in [0.25, 0.3) is 22.2 Å². The van der Waals surface area contributed by atoms with Gasteiger partial charge in [0.25, 0.3) is 0 Å². The van der Waals surface area contributed by atoms with Crippen molar-refractivity contribution in [1.82, 2.24) is 30.1 Å².